The number of rotatable bonds is 49. The second kappa shape index (κ2) is 49.4. The molecule has 2 unspecified atom stereocenters. The summed E-state index contributed by atoms with van der Waals surface area (Å²) >= 11 is 0. The Bertz CT molecular complexity index is 1170. The third-order valence-electron chi connectivity index (χ3n) is 11.2. The van der Waals surface area contributed by atoms with Crippen LogP contribution in [0.3, 0.4) is 0 Å². The van der Waals surface area contributed by atoms with Gasteiger partial charge in [0.25, 0.3) is 0 Å². The van der Waals surface area contributed by atoms with Gasteiger partial charge in [0.15, 0.2) is 6.10 Å². The summed E-state index contributed by atoms with van der Waals surface area (Å²) in [6.07, 6.45) is 58.6. The average molecular weight is 908 g/mol. The molecule has 63 heavy (non-hydrogen) atoms. The number of hydrogen-bond donors (Lipinski definition) is 2. The summed E-state index contributed by atoms with van der Waals surface area (Å²) in [5.41, 5.74) is 5.37. The van der Waals surface area contributed by atoms with Gasteiger partial charge in [0.1, 0.15) is 6.61 Å². The van der Waals surface area contributed by atoms with Gasteiger partial charge in [-0.3, -0.25) is 18.6 Å². The van der Waals surface area contributed by atoms with Crippen LogP contribution in [0.25, 0.3) is 0 Å². The van der Waals surface area contributed by atoms with Crippen LogP contribution in [0, 0.1) is 0 Å². The fourth-order valence-electron chi connectivity index (χ4n) is 7.28. The highest BCUT2D eigenvalue weighted by Gasteiger charge is 2.26. The van der Waals surface area contributed by atoms with E-state index < -0.39 is 26.5 Å². The average Bonchev–Trinajstić information content (AvgIpc) is 3.27. The van der Waals surface area contributed by atoms with E-state index in [0.29, 0.717) is 6.42 Å². The van der Waals surface area contributed by atoms with Crippen molar-refractivity contribution in [2.75, 3.05) is 26.4 Å². The number of carbonyl (C=O) groups is 2. The Hall–Kier alpha value is -2.03. The van der Waals surface area contributed by atoms with Crippen molar-refractivity contribution in [3.63, 3.8) is 0 Å². The zero-order chi connectivity index (χ0) is 46.0. The molecule has 0 radical (unpaired) electrons. The van der Waals surface area contributed by atoms with E-state index in [1.165, 1.54) is 148 Å². The highest BCUT2D eigenvalue weighted by atomic mass is 31.2. The lowest BCUT2D eigenvalue weighted by Crippen LogP contribution is -2.29. The minimum Gasteiger partial charge on any atom is -0.462 e. The number of unbranched alkanes of at least 4 members (excludes halogenated alkanes) is 28. The zero-order valence-electron chi connectivity index (χ0n) is 40.8. The Kier molecular flexibility index (Phi) is 47.8. The Morgan fingerprint density at radius 1 is 0.476 bits per heavy atom. The number of hydrogen-bond acceptors (Lipinski definition) is 8. The number of nitrogens with two attached hydrogens (primary N) is 1. The third kappa shape index (κ3) is 49.2. The number of ether oxygens (including phenoxy) is 2. The van der Waals surface area contributed by atoms with Gasteiger partial charge in [0.2, 0.25) is 0 Å². The molecule has 3 N–H and O–H groups in total. The predicted octanol–water partition coefficient (Wildman–Crippen LogP) is 15.8. The fourth-order valence-corrected chi connectivity index (χ4v) is 8.05. The molecule has 9 nitrogen and oxygen atoms in total. The van der Waals surface area contributed by atoms with E-state index in [1.54, 1.807) is 0 Å². The van der Waals surface area contributed by atoms with Crippen molar-refractivity contribution >= 4 is 19.8 Å². The standard InChI is InChI=1S/C53H98NO8P/c1-3-5-7-9-11-13-15-17-19-21-22-23-24-25-26-27-28-30-32-34-36-38-40-42-44-46-53(56)62-51(50-61-63(57,58)60-48-47-54)49-59-52(55)45-43-41-39-37-35-33-31-29-20-18-16-14-12-10-8-6-4-2/h12,14-15,17-18,20-22,51H,3-11,13,16,19,23-50,54H2,1-2H3,(H,57,58)/b14-12-,17-15-,20-18-,22-21-. The SMILES string of the molecule is CCCCC/C=C\C/C=C\CCCCCCCCCC(=O)OCC(COP(=O)(O)OCCN)OC(=O)CCCCCCCCCCCCCCC/C=C\C/C=C\CCCCCCC. The van der Waals surface area contributed by atoms with Crippen LogP contribution in [-0.2, 0) is 32.7 Å². The van der Waals surface area contributed by atoms with Gasteiger partial charge in [-0.05, 0) is 77.0 Å². The lowest BCUT2D eigenvalue weighted by molar-refractivity contribution is -0.161. The predicted molar refractivity (Wildman–Crippen MR) is 266 cm³/mol. The largest absolute Gasteiger partial charge is 0.472 e. The normalized spacial score (nSPS) is 13.5. The van der Waals surface area contributed by atoms with Crippen LogP contribution in [-0.4, -0.2) is 49.3 Å². The molecule has 0 spiro atoms. The van der Waals surface area contributed by atoms with Gasteiger partial charge in [-0.2, -0.15) is 0 Å². The molecule has 0 saturated heterocycles. The molecule has 0 aliphatic carbocycles. The molecule has 0 saturated carbocycles. The number of carbonyl (C=O) groups excluding carboxylic acids is 2. The maximum Gasteiger partial charge on any atom is 0.472 e. The molecule has 0 aromatic heterocycles. The molecule has 368 valence electrons. The molecule has 0 bridgehead atoms. The molecule has 0 fully saturated rings. The molecule has 10 heteroatoms. The van der Waals surface area contributed by atoms with Gasteiger partial charge in [-0.25, -0.2) is 4.57 Å². The number of phosphoric ester groups is 1. The van der Waals surface area contributed by atoms with Crippen molar-refractivity contribution in [2.45, 2.75) is 251 Å². The summed E-state index contributed by atoms with van der Waals surface area (Å²) in [5, 5.41) is 0. The van der Waals surface area contributed by atoms with E-state index in [4.69, 9.17) is 24.3 Å². The summed E-state index contributed by atoms with van der Waals surface area (Å²) < 4.78 is 32.9. The van der Waals surface area contributed by atoms with Crippen LogP contribution in [0.15, 0.2) is 48.6 Å². The first-order chi connectivity index (χ1) is 30.8. The van der Waals surface area contributed by atoms with Gasteiger partial charge in [-0.15, -0.1) is 0 Å². The monoisotopic (exact) mass is 908 g/mol. The molecule has 0 aliphatic heterocycles. The van der Waals surface area contributed by atoms with Crippen molar-refractivity contribution in [1.29, 1.82) is 0 Å². The number of esters is 2. The minimum absolute atomic E-state index is 0.0515. The Morgan fingerprint density at radius 2 is 0.825 bits per heavy atom. The summed E-state index contributed by atoms with van der Waals surface area (Å²) in [5.74, 6) is -0.832. The molecule has 0 heterocycles. The first-order valence-corrected chi connectivity index (χ1v) is 27.6. The molecule has 0 aromatic carbocycles. The third-order valence-corrected chi connectivity index (χ3v) is 12.2. The second-order valence-corrected chi connectivity index (χ2v) is 18.8. The molecule has 0 aromatic rings. The van der Waals surface area contributed by atoms with E-state index in [1.807, 2.05) is 0 Å². The summed E-state index contributed by atoms with van der Waals surface area (Å²) in [4.78, 5) is 35.1. The van der Waals surface area contributed by atoms with E-state index >= 15 is 0 Å². The lowest BCUT2D eigenvalue weighted by atomic mass is 10.0. The van der Waals surface area contributed by atoms with E-state index in [9.17, 15) is 19.0 Å². The van der Waals surface area contributed by atoms with Gasteiger partial charge < -0.3 is 20.1 Å². The molecular weight excluding hydrogens is 810 g/mol. The summed E-state index contributed by atoms with van der Waals surface area (Å²) in [6, 6.07) is 0. The van der Waals surface area contributed by atoms with Gasteiger partial charge >= 0.3 is 19.8 Å². The highest BCUT2D eigenvalue weighted by molar-refractivity contribution is 7.47. The van der Waals surface area contributed by atoms with Crippen molar-refractivity contribution in [2.24, 2.45) is 5.73 Å². The maximum atomic E-state index is 12.7. The van der Waals surface area contributed by atoms with Gasteiger partial charge in [0, 0.05) is 19.4 Å². The quantitative estimate of drug-likeness (QED) is 0.0265. The molecule has 0 amide bonds. The lowest BCUT2D eigenvalue weighted by Gasteiger charge is -2.19. The maximum absolute atomic E-state index is 12.7. The van der Waals surface area contributed by atoms with Crippen LogP contribution in [0.4, 0.5) is 0 Å². The van der Waals surface area contributed by atoms with Crippen LogP contribution >= 0.6 is 7.82 Å². The van der Waals surface area contributed by atoms with Crippen LogP contribution in [0.5, 0.6) is 0 Å². The summed E-state index contributed by atoms with van der Waals surface area (Å²) in [6.45, 7) is 3.72. The number of phosphoric acid groups is 1. The van der Waals surface area contributed by atoms with E-state index in [-0.39, 0.29) is 38.6 Å². The highest BCUT2D eigenvalue weighted by Crippen LogP contribution is 2.43. The Labute approximate surface area is 387 Å². The van der Waals surface area contributed by atoms with Gasteiger partial charge in [-0.1, -0.05) is 204 Å². The van der Waals surface area contributed by atoms with Crippen molar-refractivity contribution < 1.29 is 37.6 Å². The second-order valence-electron chi connectivity index (χ2n) is 17.4. The first-order valence-electron chi connectivity index (χ1n) is 26.1. The van der Waals surface area contributed by atoms with Crippen LogP contribution in [0.1, 0.15) is 245 Å². The Balaban J connectivity index is 4.02. The molecular formula is C53H98NO8P. The fraction of sp³-hybridized carbons (Fsp3) is 0.811. The topological polar surface area (TPSA) is 134 Å². The van der Waals surface area contributed by atoms with Crippen molar-refractivity contribution in [1.82, 2.24) is 0 Å². The Morgan fingerprint density at radius 3 is 1.24 bits per heavy atom. The van der Waals surface area contributed by atoms with Gasteiger partial charge in [0.05, 0.1) is 13.2 Å². The summed E-state index contributed by atoms with van der Waals surface area (Å²) in [7, 11) is -4.39. The number of allylic oxidation sites excluding steroid dienone is 8. The zero-order valence-corrected chi connectivity index (χ0v) is 41.7. The molecule has 0 aliphatic rings. The smallest absolute Gasteiger partial charge is 0.462 e. The van der Waals surface area contributed by atoms with E-state index in [0.717, 1.165) is 64.2 Å². The van der Waals surface area contributed by atoms with Crippen molar-refractivity contribution in [3.8, 4) is 0 Å². The van der Waals surface area contributed by atoms with Crippen LogP contribution in [0.2, 0.25) is 0 Å². The van der Waals surface area contributed by atoms with Crippen LogP contribution < -0.4 is 5.73 Å². The van der Waals surface area contributed by atoms with Crippen molar-refractivity contribution in [3.05, 3.63) is 48.6 Å². The first kappa shape index (κ1) is 61.0. The van der Waals surface area contributed by atoms with E-state index in [2.05, 4.69) is 62.5 Å². The minimum atomic E-state index is -4.39. The molecule has 2 atom stereocenters. The molecule has 0 rings (SSSR count).